The van der Waals surface area contributed by atoms with E-state index >= 15 is 0 Å². The lowest BCUT2D eigenvalue weighted by atomic mass is 10.1. The highest BCUT2D eigenvalue weighted by Crippen LogP contribution is 2.31. The molecule has 0 saturated heterocycles. The summed E-state index contributed by atoms with van der Waals surface area (Å²) in [4.78, 5) is 21.0. The van der Waals surface area contributed by atoms with Crippen LogP contribution in [0.2, 0.25) is 5.02 Å². The van der Waals surface area contributed by atoms with Gasteiger partial charge in [0.2, 0.25) is 0 Å². The number of nitrogen functional groups attached to an aromatic ring is 1. The molecule has 0 aliphatic carbocycles. The lowest BCUT2D eigenvalue weighted by Gasteiger charge is -2.15. The zero-order valence-electron chi connectivity index (χ0n) is 18.3. The van der Waals surface area contributed by atoms with Crippen molar-refractivity contribution in [1.82, 2.24) is 19.7 Å². The van der Waals surface area contributed by atoms with E-state index in [9.17, 15) is 23.1 Å². The molecule has 4 N–H and O–H groups in total. The number of ether oxygens (including phenoxy) is 1. The Kier molecular flexibility index (Phi) is 6.26. The summed E-state index contributed by atoms with van der Waals surface area (Å²) in [7, 11) is 0. The Morgan fingerprint density at radius 2 is 1.94 bits per heavy atom. The molecular weight excluding hydrogens is 489 g/mol. The number of nitrogens with zero attached hydrogens (tertiary/aromatic N) is 4. The number of aliphatic hydroxyl groups excluding tert-OH is 1. The third-order valence-electron chi connectivity index (χ3n) is 4.93. The first kappa shape index (κ1) is 24.2. The minimum atomic E-state index is -4.90. The third kappa shape index (κ3) is 5.12. The fraction of sp³-hybridized carbons (Fsp3) is 0.182. The van der Waals surface area contributed by atoms with E-state index < -0.39 is 24.1 Å². The molecule has 0 spiro atoms. The van der Waals surface area contributed by atoms with Gasteiger partial charge >= 0.3 is 6.36 Å². The SMILES string of the molecule is Cc1nc(N)c2c(n1)c(C)nn2-c1ccc(NC(=O)C(O)c2cccc(OC(F)(F)F)c2)cc1Cl. The summed E-state index contributed by atoms with van der Waals surface area (Å²) in [5, 5.41) is 17.4. The predicted molar refractivity (Wildman–Crippen MR) is 122 cm³/mol. The molecule has 0 radical (unpaired) electrons. The molecule has 182 valence electrons. The van der Waals surface area contributed by atoms with Crippen molar-refractivity contribution in [3.8, 4) is 11.4 Å². The number of hydrogen-bond donors (Lipinski definition) is 3. The van der Waals surface area contributed by atoms with Crippen molar-refractivity contribution in [2.24, 2.45) is 0 Å². The number of amides is 1. The van der Waals surface area contributed by atoms with Crippen molar-refractivity contribution in [2.75, 3.05) is 11.1 Å². The quantitative estimate of drug-likeness (QED) is 0.369. The van der Waals surface area contributed by atoms with Crippen LogP contribution in [0.5, 0.6) is 5.75 Å². The number of carbonyl (C=O) groups is 1. The number of aliphatic hydroxyl groups is 1. The standard InChI is InChI=1S/C22H18ClF3N6O3/c1-10-17-18(20(27)29-11(2)28-17)32(31-10)16-7-6-13(9-15(16)23)30-21(34)19(33)12-4-3-5-14(8-12)35-22(24,25)26/h3-9,19,33H,1-2H3,(H,30,34)(H2,27,28,29). The van der Waals surface area contributed by atoms with Gasteiger partial charge in [-0.05, 0) is 49.7 Å². The number of nitrogens with one attached hydrogen (secondary N) is 1. The highest BCUT2D eigenvalue weighted by Gasteiger charge is 2.31. The van der Waals surface area contributed by atoms with Gasteiger partial charge in [0.05, 0.1) is 16.4 Å². The largest absolute Gasteiger partial charge is 0.573 e. The maximum absolute atomic E-state index is 12.5. The first-order valence-electron chi connectivity index (χ1n) is 10.1. The molecule has 2 aromatic carbocycles. The molecule has 0 bridgehead atoms. The summed E-state index contributed by atoms with van der Waals surface area (Å²) in [5.74, 6) is -0.724. The van der Waals surface area contributed by atoms with E-state index in [0.29, 0.717) is 28.2 Å². The predicted octanol–water partition coefficient (Wildman–Crippen LogP) is 4.24. The van der Waals surface area contributed by atoms with Crippen molar-refractivity contribution in [3.05, 3.63) is 64.6 Å². The Morgan fingerprint density at radius 3 is 2.63 bits per heavy atom. The Hall–Kier alpha value is -3.90. The van der Waals surface area contributed by atoms with Gasteiger partial charge in [-0.1, -0.05) is 23.7 Å². The van der Waals surface area contributed by atoms with Gasteiger partial charge in [0.25, 0.3) is 5.91 Å². The normalized spacial score (nSPS) is 12.5. The molecule has 13 heteroatoms. The Bertz CT molecular complexity index is 1440. The van der Waals surface area contributed by atoms with E-state index in [1.54, 1.807) is 19.9 Å². The molecule has 9 nitrogen and oxygen atoms in total. The number of halogens is 4. The van der Waals surface area contributed by atoms with Crippen molar-refractivity contribution >= 4 is 40.0 Å². The van der Waals surface area contributed by atoms with Crippen LogP contribution in [-0.4, -0.2) is 37.1 Å². The molecular formula is C22H18ClF3N6O3. The van der Waals surface area contributed by atoms with Crippen LogP contribution >= 0.6 is 11.6 Å². The minimum Gasteiger partial charge on any atom is -0.406 e. The summed E-state index contributed by atoms with van der Waals surface area (Å²) in [6, 6.07) is 9.02. The number of carbonyl (C=O) groups excluding carboxylic acids is 1. The minimum absolute atomic E-state index is 0.0868. The summed E-state index contributed by atoms with van der Waals surface area (Å²) in [6.07, 6.45) is -6.67. The molecule has 0 fully saturated rings. The first-order valence-corrected chi connectivity index (χ1v) is 10.4. The monoisotopic (exact) mass is 506 g/mol. The van der Waals surface area contributed by atoms with Gasteiger partial charge < -0.3 is 20.9 Å². The molecule has 1 unspecified atom stereocenters. The summed E-state index contributed by atoms with van der Waals surface area (Å²) in [6.45, 7) is 3.48. The lowest BCUT2D eigenvalue weighted by Crippen LogP contribution is -2.21. The van der Waals surface area contributed by atoms with Gasteiger partial charge in [-0.15, -0.1) is 13.2 Å². The molecule has 0 aliphatic heterocycles. The van der Waals surface area contributed by atoms with Crippen LogP contribution < -0.4 is 15.8 Å². The summed E-state index contributed by atoms with van der Waals surface area (Å²) >= 11 is 6.44. The van der Waals surface area contributed by atoms with E-state index in [1.165, 1.54) is 28.9 Å². The van der Waals surface area contributed by atoms with Crippen LogP contribution in [-0.2, 0) is 4.79 Å². The number of benzene rings is 2. The second kappa shape index (κ2) is 9.04. The topological polar surface area (TPSA) is 128 Å². The zero-order valence-corrected chi connectivity index (χ0v) is 19.0. The van der Waals surface area contributed by atoms with Gasteiger partial charge in [-0.25, -0.2) is 14.6 Å². The second-order valence-electron chi connectivity index (χ2n) is 7.53. The fourth-order valence-electron chi connectivity index (χ4n) is 3.47. The van der Waals surface area contributed by atoms with Crippen molar-refractivity contribution in [2.45, 2.75) is 26.3 Å². The average molecular weight is 507 g/mol. The van der Waals surface area contributed by atoms with Gasteiger partial charge in [0, 0.05) is 5.69 Å². The number of fused-ring (bicyclic) bond motifs is 1. The molecule has 1 amide bonds. The number of alkyl halides is 3. The lowest BCUT2D eigenvalue weighted by molar-refractivity contribution is -0.274. The fourth-order valence-corrected chi connectivity index (χ4v) is 3.73. The molecule has 0 aliphatic rings. The van der Waals surface area contributed by atoms with Crippen LogP contribution in [0.4, 0.5) is 24.7 Å². The number of aromatic nitrogens is 4. The summed E-state index contributed by atoms with van der Waals surface area (Å²) in [5.41, 5.74) is 8.33. The smallest absolute Gasteiger partial charge is 0.406 e. The molecule has 4 aromatic rings. The van der Waals surface area contributed by atoms with Crippen LogP contribution in [0, 0.1) is 13.8 Å². The number of aryl methyl sites for hydroxylation is 2. The maximum atomic E-state index is 12.5. The number of anilines is 2. The molecule has 1 atom stereocenters. The van der Waals surface area contributed by atoms with Crippen molar-refractivity contribution in [3.63, 3.8) is 0 Å². The van der Waals surface area contributed by atoms with E-state index in [4.69, 9.17) is 17.3 Å². The van der Waals surface area contributed by atoms with Gasteiger partial charge in [-0.3, -0.25) is 4.79 Å². The third-order valence-corrected chi connectivity index (χ3v) is 5.23. The first-order chi connectivity index (χ1) is 16.4. The van der Waals surface area contributed by atoms with E-state index in [2.05, 4.69) is 25.1 Å². The molecule has 0 saturated carbocycles. The Balaban J connectivity index is 1.57. The summed E-state index contributed by atoms with van der Waals surface area (Å²) < 4.78 is 42.6. The van der Waals surface area contributed by atoms with E-state index in [0.717, 1.165) is 12.1 Å². The van der Waals surface area contributed by atoms with Crippen LogP contribution in [0.1, 0.15) is 23.2 Å². The highest BCUT2D eigenvalue weighted by atomic mass is 35.5. The number of hydrogen-bond acceptors (Lipinski definition) is 7. The molecule has 4 rings (SSSR count). The zero-order chi connectivity index (χ0) is 25.5. The highest BCUT2D eigenvalue weighted by molar-refractivity contribution is 6.32. The molecule has 2 aromatic heterocycles. The van der Waals surface area contributed by atoms with Crippen molar-refractivity contribution < 1.29 is 27.8 Å². The molecule has 2 heterocycles. The van der Waals surface area contributed by atoms with Crippen LogP contribution in [0.25, 0.3) is 16.7 Å². The second-order valence-corrected chi connectivity index (χ2v) is 7.94. The van der Waals surface area contributed by atoms with Crippen molar-refractivity contribution in [1.29, 1.82) is 0 Å². The van der Waals surface area contributed by atoms with Crippen LogP contribution in [0.15, 0.2) is 42.5 Å². The van der Waals surface area contributed by atoms with E-state index in [-0.39, 0.29) is 22.1 Å². The number of nitrogens with two attached hydrogens (primary N) is 1. The Labute approximate surface area is 201 Å². The van der Waals surface area contributed by atoms with Gasteiger partial charge in [-0.2, -0.15) is 5.10 Å². The molecule has 35 heavy (non-hydrogen) atoms. The van der Waals surface area contributed by atoms with Crippen LogP contribution in [0.3, 0.4) is 0 Å². The van der Waals surface area contributed by atoms with Gasteiger partial charge in [0.1, 0.15) is 22.6 Å². The van der Waals surface area contributed by atoms with E-state index in [1.807, 2.05) is 0 Å². The maximum Gasteiger partial charge on any atom is 0.573 e. The van der Waals surface area contributed by atoms with Gasteiger partial charge in [0.15, 0.2) is 11.9 Å². The average Bonchev–Trinajstić information content (AvgIpc) is 3.08. The number of rotatable bonds is 5. The Morgan fingerprint density at radius 1 is 1.20 bits per heavy atom.